The molecule has 0 unspecified atom stereocenters. The Labute approximate surface area is 122 Å². The molecule has 6 heteroatoms. The first-order valence-corrected chi connectivity index (χ1v) is 7.12. The number of ether oxygens (including phenoxy) is 1. The van der Waals surface area contributed by atoms with E-state index in [9.17, 15) is 9.90 Å². The molecular formula is C15H19N3O3. The highest BCUT2D eigenvalue weighted by atomic mass is 16.5. The molecule has 1 aliphatic heterocycles. The minimum Gasteiger partial charge on any atom is -0.388 e. The van der Waals surface area contributed by atoms with Gasteiger partial charge in [-0.25, -0.2) is 0 Å². The van der Waals surface area contributed by atoms with Crippen LogP contribution in [0.4, 0.5) is 0 Å². The van der Waals surface area contributed by atoms with E-state index in [1.807, 2.05) is 38.1 Å². The van der Waals surface area contributed by atoms with Crippen LogP contribution in [-0.2, 0) is 4.74 Å². The summed E-state index contributed by atoms with van der Waals surface area (Å²) in [6.07, 6.45) is -0.966. The van der Waals surface area contributed by atoms with Gasteiger partial charge in [0.2, 0.25) is 0 Å². The van der Waals surface area contributed by atoms with Crippen molar-refractivity contribution in [3.8, 4) is 0 Å². The number of β-amino-alcohol motifs (C(OH)–C–C–N with tert-alkyl or cyclic N) is 1. The summed E-state index contributed by atoms with van der Waals surface area (Å²) in [7, 11) is 0. The molecule has 6 nitrogen and oxygen atoms in total. The molecule has 0 aliphatic carbocycles. The molecule has 3 rings (SSSR count). The molecule has 1 aliphatic rings. The molecule has 1 aromatic carbocycles. The molecule has 2 aromatic rings. The average molecular weight is 289 g/mol. The Hall–Kier alpha value is -1.92. The lowest BCUT2D eigenvalue weighted by Gasteiger charge is -2.17. The molecule has 0 bridgehead atoms. The van der Waals surface area contributed by atoms with Crippen molar-refractivity contribution in [1.82, 2.24) is 15.1 Å². The van der Waals surface area contributed by atoms with E-state index in [2.05, 4.69) is 10.2 Å². The van der Waals surface area contributed by atoms with Crippen molar-refractivity contribution in [2.45, 2.75) is 32.2 Å². The number of carbonyl (C=O) groups excluding carboxylic acids is 1. The molecule has 0 spiro atoms. The summed E-state index contributed by atoms with van der Waals surface area (Å²) in [5, 5.41) is 17.8. The summed E-state index contributed by atoms with van der Waals surface area (Å²) < 4.78 is 5.64. The Balaban J connectivity index is 1.80. The van der Waals surface area contributed by atoms with Gasteiger partial charge in [0.1, 0.15) is 6.10 Å². The number of aliphatic hydroxyl groups is 1. The number of nitrogens with one attached hydrogen (secondary N) is 1. The lowest BCUT2D eigenvalue weighted by Crippen LogP contribution is -2.31. The van der Waals surface area contributed by atoms with Gasteiger partial charge in [-0.2, -0.15) is 5.10 Å². The predicted octanol–water partition coefficient (Wildman–Crippen LogP) is 1.17. The molecule has 2 heterocycles. The third-order valence-corrected chi connectivity index (χ3v) is 3.64. The van der Waals surface area contributed by atoms with Crippen molar-refractivity contribution in [3.05, 3.63) is 30.0 Å². The number of aromatic nitrogens is 2. The molecule has 0 saturated carbocycles. The van der Waals surface area contributed by atoms with Crippen LogP contribution in [0.3, 0.4) is 0 Å². The van der Waals surface area contributed by atoms with Gasteiger partial charge < -0.3 is 14.7 Å². The summed E-state index contributed by atoms with van der Waals surface area (Å²) in [5.41, 5.74) is 1.22. The summed E-state index contributed by atoms with van der Waals surface area (Å²) in [5.74, 6) is -0.179. The number of aliphatic hydroxyl groups excluding tert-OH is 1. The molecule has 112 valence electrons. The summed E-state index contributed by atoms with van der Waals surface area (Å²) in [4.78, 5) is 14.2. The van der Waals surface area contributed by atoms with Crippen LogP contribution in [0.2, 0.25) is 0 Å². The minimum absolute atomic E-state index is 0.0194. The number of rotatable bonds is 3. The Kier molecular flexibility index (Phi) is 3.65. The third kappa shape index (κ3) is 2.64. The number of H-pyrrole nitrogens is 1. The largest absolute Gasteiger partial charge is 0.388 e. The molecule has 1 fully saturated rings. The van der Waals surface area contributed by atoms with E-state index < -0.39 is 6.10 Å². The fourth-order valence-electron chi connectivity index (χ4n) is 2.68. The van der Waals surface area contributed by atoms with Gasteiger partial charge >= 0.3 is 0 Å². The third-order valence-electron chi connectivity index (χ3n) is 3.64. The van der Waals surface area contributed by atoms with E-state index in [-0.39, 0.29) is 24.7 Å². The Morgan fingerprint density at radius 3 is 2.95 bits per heavy atom. The first-order valence-electron chi connectivity index (χ1n) is 7.12. The molecule has 1 aromatic heterocycles. The van der Waals surface area contributed by atoms with E-state index >= 15 is 0 Å². The maximum absolute atomic E-state index is 12.6. The van der Waals surface area contributed by atoms with Crippen LogP contribution in [0.15, 0.2) is 24.3 Å². The first-order chi connectivity index (χ1) is 10.1. The second-order valence-corrected chi connectivity index (χ2v) is 5.62. The van der Waals surface area contributed by atoms with Crippen LogP contribution in [0.1, 0.15) is 24.3 Å². The molecule has 21 heavy (non-hydrogen) atoms. The van der Waals surface area contributed by atoms with Crippen LogP contribution < -0.4 is 0 Å². The van der Waals surface area contributed by atoms with Crippen LogP contribution in [0.5, 0.6) is 0 Å². The van der Waals surface area contributed by atoms with Gasteiger partial charge in [-0.05, 0) is 19.9 Å². The molecule has 0 radical (unpaired) electrons. The number of para-hydroxylation sites is 1. The number of nitrogens with zero attached hydrogens (tertiary/aromatic N) is 2. The zero-order valence-corrected chi connectivity index (χ0v) is 12.1. The minimum atomic E-state index is -0.651. The summed E-state index contributed by atoms with van der Waals surface area (Å²) in [6, 6.07) is 7.50. The predicted molar refractivity (Wildman–Crippen MR) is 78.0 cm³/mol. The number of aromatic amines is 1. The molecular weight excluding hydrogens is 270 g/mol. The maximum Gasteiger partial charge on any atom is 0.275 e. The van der Waals surface area contributed by atoms with E-state index in [0.29, 0.717) is 12.2 Å². The highest BCUT2D eigenvalue weighted by molar-refractivity contribution is 6.04. The second kappa shape index (κ2) is 5.46. The second-order valence-electron chi connectivity index (χ2n) is 5.62. The zero-order chi connectivity index (χ0) is 15.0. The van der Waals surface area contributed by atoms with Gasteiger partial charge in [0, 0.05) is 18.5 Å². The van der Waals surface area contributed by atoms with Gasteiger partial charge in [-0.1, -0.05) is 18.2 Å². The van der Waals surface area contributed by atoms with Crippen molar-refractivity contribution in [2.75, 3.05) is 13.1 Å². The van der Waals surface area contributed by atoms with Crippen molar-refractivity contribution < 1.29 is 14.6 Å². The van der Waals surface area contributed by atoms with E-state index in [1.165, 1.54) is 0 Å². The molecule has 2 atom stereocenters. The monoisotopic (exact) mass is 289 g/mol. The normalized spacial score (nSPS) is 22.4. The zero-order valence-electron chi connectivity index (χ0n) is 12.1. The lowest BCUT2D eigenvalue weighted by molar-refractivity contribution is -0.0394. The first kappa shape index (κ1) is 14.0. The van der Waals surface area contributed by atoms with Crippen molar-refractivity contribution in [1.29, 1.82) is 0 Å². The quantitative estimate of drug-likeness (QED) is 0.889. The van der Waals surface area contributed by atoms with Gasteiger partial charge in [-0.15, -0.1) is 0 Å². The summed E-state index contributed by atoms with van der Waals surface area (Å²) >= 11 is 0. The number of amides is 1. The van der Waals surface area contributed by atoms with Crippen LogP contribution >= 0.6 is 0 Å². The van der Waals surface area contributed by atoms with Crippen molar-refractivity contribution >= 4 is 16.8 Å². The number of benzene rings is 1. The number of hydrogen-bond acceptors (Lipinski definition) is 4. The molecule has 1 amide bonds. The number of likely N-dealkylation sites (tertiary alicyclic amines) is 1. The number of fused-ring (bicyclic) bond motifs is 1. The van der Waals surface area contributed by atoms with Gasteiger partial charge in [-0.3, -0.25) is 9.89 Å². The van der Waals surface area contributed by atoms with Gasteiger partial charge in [0.15, 0.2) is 5.69 Å². The van der Waals surface area contributed by atoms with Crippen LogP contribution in [0.25, 0.3) is 10.9 Å². The fraction of sp³-hybridized carbons (Fsp3) is 0.467. The maximum atomic E-state index is 12.6. The highest BCUT2D eigenvalue weighted by Crippen LogP contribution is 2.21. The topological polar surface area (TPSA) is 78.5 Å². The highest BCUT2D eigenvalue weighted by Gasteiger charge is 2.36. The SMILES string of the molecule is CC(C)O[C@H]1CN(C(=O)c2n[nH]c3ccccc23)C[C@@H]1O. The standard InChI is InChI=1S/C15H19N3O3/c1-9(2)21-13-8-18(7-12(13)19)15(20)14-10-5-3-4-6-11(10)16-17-14/h3-6,9,12-13,19H,7-8H2,1-2H3,(H,16,17)/t12-,13-/m0/s1. The van der Waals surface area contributed by atoms with E-state index in [4.69, 9.17) is 4.74 Å². The van der Waals surface area contributed by atoms with Crippen molar-refractivity contribution in [2.24, 2.45) is 0 Å². The average Bonchev–Trinajstić information content (AvgIpc) is 3.02. The van der Waals surface area contributed by atoms with Crippen LogP contribution in [0, 0.1) is 0 Å². The van der Waals surface area contributed by atoms with Gasteiger partial charge in [0.05, 0.1) is 17.7 Å². The van der Waals surface area contributed by atoms with E-state index in [0.717, 1.165) is 10.9 Å². The number of carbonyl (C=O) groups is 1. The summed E-state index contributed by atoms with van der Waals surface area (Å²) in [6.45, 7) is 4.49. The molecule has 1 saturated heterocycles. The Bertz CT molecular complexity index is 652. The van der Waals surface area contributed by atoms with Crippen molar-refractivity contribution in [3.63, 3.8) is 0 Å². The lowest BCUT2D eigenvalue weighted by atomic mass is 10.2. The van der Waals surface area contributed by atoms with Crippen LogP contribution in [-0.4, -0.2) is 57.5 Å². The van der Waals surface area contributed by atoms with E-state index in [1.54, 1.807) is 4.90 Å². The Morgan fingerprint density at radius 1 is 1.43 bits per heavy atom. The molecule has 2 N–H and O–H groups in total. The fourth-order valence-corrected chi connectivity index (χ4v) is 2.68. The van der Waals surface area contributed by atoms with Gasteiger partial charge in [0.25, 0.3) is 5.91 Å². The Morgan fingerprint density at radius 2 is 2.19 bits per heavy atom. The smallest absolute Gasteiger partial charge is 0.275 e. The number of hydrogen-bond donors (Lipinski definition) is 2.